The molecule has 0 aromatic heterocycles. The molecular weight excluding hydrogens is 130 g/mol. The normalized spacial score (nSPS) is 24.1. The van der Waals surface area contributed by atoms with Crippen LogP contribution < -0.4 is 10.8 Å². The monoisotopic (exact) mass is 139 g/mol. The summed E-state index contributed by atoms with van der Waals surface area (Å²) in [5.41, 5.74) is 4.05. The number of allylic oxidation sites excluding steroid dienone is 2. The molecule has 0 aliphatic heterocycles. The summed E-state index contributed by atoms with van der Waals surface area (Å²) in [6.07, 6.45) is 5.61. The standard InChI is InChI=1S/C7H9NO2/c8-6-3-1-2-5(4-6)7(9)10/h1-3,6H,4,8H2,(H,9,10)/t6-/m0/s1. The molecule has 10 heavy (non-hydrogen) atoms. The minimum atomic E-state index is -1.09. The first-order valence-corrected chi connectivity index (χ1v) is 3.12. The summed E-state index contributed by atoms with van der Waals surface area (Å²) in [5.74, 6) is -1.09. The van der Waals surface area contributed by atoms with Crippen LogP contribution in [-0.4, -0.2) is 12.0 Å². The molecule has 1 atom stereocenters. The number of quaternary nitrogens is 1. The lowest BCUT2D eigenvalue weighted by atomic mass is 10.0. The van der Waals surface area contributed by atoms with Crippen molar-refractivity contribution in [1.82, 2.24) is 0 Å². The molecule has 1 aliphatic rings. The van der Waals surface area contributed by atoms with Crippen LogP contribution in [0.3, 0.4) is 0 Å². The fourth-order valence-electron chi connectivity index (χ4n) is 0.899. The summed E-state index contributed by atoms with van der Waals surface area (Å²) >= 11 is 0. The molecule has 0 heterocycles. The van der Waals surface area contributed by atoms with Crippen LogP contribution in [-0.2, 0) is 4.79 Å². The van der Waals surface area contributed by atoms with Gasteiger partial charge in [-0.1, -0.05) is 12.2 Å². The Balaban J connectivity index is 2.71. The fourth-order valence-corrected chi connectivity index (χ4v) is 0.899. The van der Waals surface area contributed by atoms with Crippen LogP contribution in [0.2, 0.25) is 0 Å². The van der Waals surface area contributed by atoms with E-state index in [1.807, 2.05) is 6.08 Å². The molecule has 0 spiro atoms. The lowest BCUT2D eigenvalue weighted by molar-refractivity contribution is -0.403. The predicted octanol–water partition coefficient (Wildman–Crippen LogP) is -1.77. The molecule has 0 radical (unpaired) electrons. The van der Waals surface area contributed by atoms with Gasteiger partial charge in [-0.3, -0.25) is 0 Å². The Labute approximate surface area is 58.8 Å². The van der Waals surface area contributed by atoms with Gasteiger partial charge in [-0.15, -0.1) is 0 Å². The average Bonchev–Trinajstić information content (AvgIpc) is 1.88. The van der Waals surface area contributed by atoms with E-state index in [2.05, 4.69) is 5.73 Å². The largest absolute Gasteiger partial charge is 0.545 e. The quantitative estimate of drug-likeness (QED) is 0.467. The summed E-state index contributed by atoms with van der Waals surface area (Å²) in [6.45, 7) is 0. The van der Waals surface area contributed by atoms with E-state index in [0.717, 1.165) is 0 Å². The number of carbonyl (C=O) groups excluding carboxylic acids is 1. The van der Waals surface area contributed by atoms with Gasteiger partial charge in [0.2, 0.25) is 0 Å². The number of hydrogen-bond donors (Lipinski definition) is 1. The second kappa shape index (κ2) is 2.66. The Kier molecular flexibility index (Phi) is 1.87. The van der Waals surface area contributed by atoms with E-state index in [1.54, 1.807) is 12.2 Å². The highest BCUT2D eigenvalue weighted by Crippen LogP contribution is 2.08. The molecule has 3 N–H and O–H groups in total. The predicted molar refractivity (Wildman–Crippen MR) is 33.5 cm³/mol. The number of carbonyl (C=O) groups is 1. The smallest absolute Gasteiger partial charge is 0.107 e. The van der Waals surface area contributed by atoms with E-state index in [9.17, 15) is 9.90 Å². The third-order valence-electron chi connectivity index (χ3n) is 1.42. The zero-order valence-electron chi connectivity index (χ0n) is 5.54. The van der Waals surface area contributed by atoms with E-state index in [-0.39, 0.29) is 6.04 Å². The second-order valence-corrected chi connectivity index (χ2v) is 2.33. The van der Waals surface area contributed by atoms with Crippen molar-refractivity contribution in [2.24, 2.45) is 0 Å². The molecule has 54 valence electrons. The van der Waals surface area contributed by atoms with Gasteiger partial charge < -0.3 is 15.6 Å². The molecule has 3 heteroatoms. The van der Waals surface area contributed by atoms with Crippen molar-refractivity contribution in [3.05, 3.63) is 23.8 Å². The van der Waals surface area contributed by atoms with Gasteiger partial charge in [-0.25, -0.2) is 0 Å². The highest BCUT2D eigenvalue weighted by atomic mass is 16.4. The van der Waals surface area contributed by atoms with Crippen molar-refractivity contribution in [2.45, 2.75) is 12.5 Å². The molecule has 3 nitrogen and oxygen atoms in total. The van der Waals surface area contributed by atoms with Crippen molar-refractivity contribution in [3.8, 4) is 0 Å². The van der Waals surface area contributed by atoms with E-state index < -0.39 is 5.97 Å². The van der Waals surface area contributed by atoms with Crippen LogP contribution in [0, 0.1) is 0 Å². The topological polar surface area (TPSA) is 67.8 Å². The first-order chi connectivity index (χ1) is 4.70. The summed E-state index contributed by atoms with van der Waals surface area (Å²) < 4.78 is 0. The van der Waals surface area contributed by atoms with E-state index >= 15 is 0 Å². The maximum atomic E-state index is 10.3. The average molecular weight is 139 g/mol. The van der Waals surface area contributed by atoms with Crippen molar-refractivity contribution >= 4 is 5.97 Å². The van der Waals surface area contributed by atoms with Crippen LogP contribution in [0.25, 0.3) is 0 Å². The molecule has 0 fully saturated rings. The first-order valence-electron chi connectivity index (χ1n) is 3.12. The highest BCUT2D eigenvalue weighted by molar-refractivity contribution is 5.85. The van der Waals surface area contributed by atoms with Crippen LogP contribution in [0.4, 0.5) is 0 Å². The maximum absolute atomic E-state index is 10.3. The molecule has 1 rings (SSSR count). The van der Waals surface area contributed by atoms with Crippen LogP contribution in [0.15, 0.2) is 23.8 Å². The molecule has 0 saturated heterocycles. The van der Waals surface area contributed by atoms with Gasteiger partial charge in [-0.05, 0) is 11.6 Å². The Hall–Kier alpha value is -1.09. The molecule has 0 bridgehead atoms. The van der Waals surface area contributed by atoms with Gasteiger partial charge in [-0.2, -0.15) is 0 Å². The number of aliphatic carboxylic acids is 1. The summed E-state index contributed by atoms with van der Waals surface area (Å²) in [6, 6.07) is 0.0814. The Bertz CT molecular complexity index is 206. The van der Waals surface area contributed by atoms with Gasteiger partial charge in [0.25, 0.3) is 0 Å². The zero-order valence-corrected chi connectivity index (χ0v) is 5.54. The van der Waals surface area contributed by atoms with Crippen molar-refractivity contribution in [3.63, 3.8) is 0 Å². The van der Waals surface area contributed by atoms with Crippen LogP contribution >= 0.6 is 0 Å². The van der Waals surface area contributed by atoms with E-state index in [4.69, 9.17) is 0 Å². The van der Waals surface area contributed by atoms with Gasteiger partial charge in [0.15, 0.2) is 0 Å². The molecular formula is C7H9NO2. The Morgan fingerprint density at radius 1 is 1.80 bits per heavy atom. The van der Waals surface area contributed by atoms with Gasteiger partial charge in [0.1, 0.15) is 6.04 Å². The third kappa shape index (κ3) is 1.45. The highest BCUT2D eigenvalue weighted by Gasteiger charge is 2.09. The van der Waals surface area contributed by atoms with Gasteiger partial charge >= 0.3 is 0 Å². The number of carboxylic acid groups (broad SMARTS) is 1. The maximum Gasteiger partial charge on any atom is 0.107 e. The second-order valence-electron chi connectivity index (χ2n) is 2.33. The number of rotatable bonds is 1. The number of carboxylic acids is 1. The van der Waals surface area contributed by atoms with E-state index in [0.29, 0.717) is 12.0 Å². The SMILES string of the molecule is [NH3+][C@H]1C=CC=C(C(=O)[O-])C1. The lowest BCUT2D eigenvalue weighted by Gasteiger charge is -2.12. The van der Waals surface area contributed by atoms with Crippen molar-refractivity contribution in [1.29, 1.82) is 0 Å². The molecule has 0 aromatic carbocycles. The van der Waals surface area contributed by atoms with Crippen molar-refractivity contribution < 1.29 is 15.6 Å². The molecule has 0 unspecified atom stereocenters. The van der Waals surface area contributed by atoms with Crippen LogP contribution in [0.1, 0.15) is 6.42 Å². The number of hydrogen-bond acceptors (Lipinski definition) is 2. The molecule has 1 aliphatic carbocycles. The summed E-state index contributed by atoms with van der Waals surface area (Å²) in [4.78, 5) is 10.3. The molecule has 0 aromatic rings. The minimum Gasteiger partial charge on any atom is -0.545 e. The Morgan fingerprint density at radius 3 is 2.90 bits per heavy atom. The summed E-state index contributed by atoms with van der Waals surface area (Å²) in [5, 5.41) is 10.3. The van der Waals surface area contributed by atoms with Crippen LogP contribution in [0.5, 0.6) is 0 Å². The Morgan fingerprint density at radius 2 is 2.50 bits per heavy atom. The van der Waals surface area contributed by atoms with E-state index in [1.165, 1.54) is 0 Å². The fraction of sp³-hybridized carbons (Fsp3) is 0.286. The third-order valence-corrected chi connectivity index (χ3v) is 1.42. The molecule has 0 amide bonds. The van der Waals surface area contributed by atoms with Gasteiger partial charge in [0, 0.05) is 6.42 Å². The van der Waals surface area contributed by atoms with Gasteiger partial charge in [0.05, 0.1) is 5.97 Å². The summed E-state index contributed by atoms with van der Waals surface area (Å²) in [7, 11) is 0. The van der Waals surface area contributed by atoms with Crippen molar-refractivity contribution in [2.75, 3.05) is 0 Å². The molecule has 0 saturated carbocycles. The zero-order chi connectivity index (χ0) is 7.56. The minimum absolute atomic E-state index is 0.0814. The first kappa shape index (κ1) is 7.02. The lowest BCUT2D eigenvalue weighted by Crippen LogP contribution is -2.60.